The summed E-state index contributed by atoms with van der Waals surface area (Å²) < 4.78 is 1.71. The Hall–Kier alpha value is -2.41. The maximum absolute atomic E-state index is 11.2. The molecule has 2 atom stereocenters. The lowest BCUT2D eigenvalue weighted by atomic mass is 9.64. The van der Waals surface area contributed by atoms with Crippen molar-refractivity contribution in [3.63, 3.8) is 0 Å². The summed E-state index contributed by atoms with van der Waals surface area (Å²) in [5.74, 6) is -0.0933. The third-order valence-electron chi connectivity index (χ3n) is 6.31. The van der Waals surface area contributed by atoms with Crippen molar-refractivity contribution in [1.29, 1.82) is 5.26 Å². The van der Waals surface area contributed by atoms with Gasteiger partial charge in [0, 0.05) is 18.5 Å². The van der Waals surface area contributed by atoms with Gasteiger partial charge in [-0.05, 0) is 39.0 Å². The molecule has 10 heteroatoms. The number of piperidine rings is 1. The number of likely N-dealkylation sites (tertiary alicyclic amines) is 1. The van der Waals surface area contributed by atoms with Crippen LogP contribution in [0.15, 0.2) is 6.20 Å². The second-order valence-electron chi connectivity index (χ2n) is 8.31. The van der Waals surface area contributed by atoms with Crippen molar-refractivity contribution >= 4 is 29.0 Å². The lowest BCUT2D eigenvalue weighted by molar-refractivity contribution is -0.142. The Morgan fingerprint density at radius 1 is 1.48 bits per heavy atom. The van der Waals surface area contributed by atoms with Crippen LogP contribution in [0.3, 0.4) is 0 Å². The number of aromatic nitrogens is 3. The van der Waals surface area contributed by atoms with Crippen LogP contribution in [0.5, 0.6) is 0 Å². The minimum absolute atomic E-state index is 0.00190. The highest BCUT2D eigenvalue weighted by atomic mass is 35.5. The first-order chi connectivity index (χ1) is 14.7. The van der Waals surface area contributed by atoms with Crippen LogP contribution < -0.4 is 5.73 Å². The lowest BCUT2D eigenvalue weighted by Gasteiger charge is -2.41. The largest absolute Gasteiger partial charge is 0.391 e. The Balaban J connectivity index is 0.000000196. The molecule has 1 aliphatic heterocycles. The molecule has 2 aromatic rings. The monoisotopic (exact) mass is 448 g/mol. The molecule has 0 aromatic carbocycles. The smallest absolute Gasteiger partial charge is 0.251 e. The van der Waals surface area contributed by atoms with Crippen LogP contribution in [0.4, 0.5) is 5.95 Å². The fraction of sp³-hybridized carbons (Fsp3) is 0.619. The minimum atomic E-state index is -0.949. The minimum Gasteiger partial charge on any atom is -0.391 e. The molecule has 168 valence electrons. The van der Waals surface area contributed by atoms with Gasteiger partial charge in [0.05, 0.1) is 28.6 Å². The number of halogens is 1. The van der Waals surface area contributed by atoms with Crippen LogP contribution >= 0.6 is 11.6 Å². The SMILES string of the molecule is CC(O)C(=O)N1CCCC(O)C1.CCC1(c2c(C#N)c(Cl)c3cnc(N)nn23)CCC1. The van der Waals surface area contributed by atoms with Crippen LogP contribution in [0.1, 0.15) is 63.6 Å². The molecule has 4 N–H and O–H groups in total. The maximum atomic E-state index is 11.2. The summed E-state index contributed by atoms with van der Waals surface area (Å²) in [7, 11) is 0. The summed E-state index contributed by atoms with van der Waals surface area (Å²) in [6.07, 6.45) is 6.05. The van der Waals surface area contributed by atoms with Gasteiger partial charge in [0.15, 0.2) is 0 Å². The van der Waals surface area contributed by atoms with Gasteiger partial charge < -0.3 is 20.8 Å². The van der Waals surface area contributed by atoms with E-state index in [1.165, 1.54) is 18.2 Å². The van der Waals surface area contributed by atoms with E-state index < -0.39 is 12.2 Å². The van der Waals surface area contributed by atoms with Crippen molar-refractivity contribution in [3.05, 3.63) is 22.5 Å². The van der Waals surface area contributed by atoms with E-state index in [0.29, 0.717) is 29.2 Å². The normalized spacial score (nSPS) is 20.9. The standard InChI is InChI=1S/C13H14ClN5.C8H15NO3/c1-2-13(4-3-5-13)11-8(6-15)10(14)9-7-17-12(16)18-19(9)11;1-6(10)8(12)9-4-2-3-7(11)5-9/h7H,2-5H2,1H3,(H2,16,18);6-7,10-11H,2-5H2,1H3. The molecule has 2 fully saturated rings. The zero-order valence-electron chi connectivity index (χ0n) is 17.9. The Bertz CT molecular complexity index is 990. The van der Waals surface area contributed by atoms with Gasteiger partial charge in [-0.1, -0.05) is 24.9 Å². The van der Waals surface area contributed by atoms with Gasteiger partial charge in [-0.3, -0.25) is 4.79 Å². The topological polar surface area (TPSA) is 141 Å². The molecule has 2 unspecified atom stereocenters. The molecule has 1 amide bonds. The van der Waals surface area contributed by atoms with Crippen molar-refractivity contribution in [1.82, 2.24) is 19.5 Å². The van der Waals surface area contributed by atoms with Crippen molar-refractivity contribution in [2.75, 3.05) is 18.8 Å². The quantitative estimate of drug-likeness (QED) is 0.652. The number of anilines is 1. The molecule has 0 spiro atoms. The van der Waals surface area contributed by atoms with E-state index in [2.05, 4.69) is 23.1 Å². The Morgan fingerprint density at radius 2 is 2.19 bits per heavy atom. The number of carbonyl (C=O) groups is 1. The average molecular weight is 449 g/mol. The number of nitrogens with two attached hydrogens (primary N) is 1. The molecule has 1 aliphatic carbocycles. The third kappa shape index (κ3) is 4.47. The Morgan fingerprint density at radius 3 is 2.71 bits per heavy atom. The maximum Gasteiger partial charge on any atom is 0.251 e. The van der Waals surface area contributed by atoms with Crippen LogP contribution in [-0.4, -0.2) is 60.9 Å². The van der Waals surface area contributed by atoms with E-state index >= 15 is 0 Å². The van der Waals surface area contributed by atoms with E-state index in [0.717, 1.165) is 37.8 Å². The van der Waals surface area contributed by atoms with Crippen LogP contribution in [0.25, 0.3) is 5.52 Å². The van der Waals surface area contributed by atoms with Gasteiger partial charge in [0.2, 0.25) is 5.95 Å². The summed E-state index contributed by atoms with van der Waals surface area (Å²) in [6, 6.07) is 2.22. The third-order valence-corrected chi connectivity index (χ3v) is 6.69. The van der Waals surface area contributed by atoms with Crippen LogP contribution in [0, 0.1) is 11.3 Å². The summed E-state index contributed by atoms with van der Waals surface area (Å²) in [5.41, 5.74) is 7.74. The molecule has 0 radical (unpaired) electrons. The number of aliphatic hydroxyl groups excluding tert-OH is 2. The molecule has 1 saturated carbocycles. The number of fused-ring (bicyclic) bond motifs is 1. The van der Waals surface area contributed by atoms with E-state index in [9.17, 15) is 15.2 Å². The first-order valence-electron chi connectivity index (χ1n) is 10.6. The van der Waals surface area contributed by atoms with Crippen molar-refractivity contribution in [2.24, 2.45) is 0 Å². The number of carbonyl (C=O) groups excluding carboxylic acids is 1. The number of nitriles is 1. The number of amides is 1. The first kappa shape index (κ1) is 23.3. The number of β-amino-alcohol motifs (C(OH)–C–C–N with tert-alkyl or cyclic N) is 1. The fourth-order valence-electron chi connectivity index (χ4n) is 4.39. The highest BCUT2D eigenvalue weighted by Gasteiger charge is 2.42. The van der Waals surface area contributed by atoms with Gasteiger partial charge in [-0.2, -0.15) is 5.26 Å². The van der Waals surface area contributed by atoms with E-state index in [4.69, 9.17) is 22.4 Å². The van der Waals surface area contributed by atoms with Gasteiger partial charge in [0.1, 0.15) is 17.7 Å². The number of nitrogens with zero attached hydrogens (tertiary/aromatic N) is 5. The number of aliphatic hydroxyl groups is 2. The zero-order valence-corrected chi connectivity index (χ0v) is 18.6. The molecule has 4 rings (SSSR count). The fourth-order valence-corrected chi connectivity index (χ4v) is 4.66. The van der Waals surface area contributed by atoms with E-state index in [1.807, 2.05) is 0 Å². The average Bonchev–Trinajstić information content (AvgIpc) is 2.99. The Labute approximate surface area is 186 Å². The first-order valence-corrected chi connectivity index (χ1v) is 11.0. The number of rotatable bonds is 3. The van der Waals surface area contributed by atoms with Crippen LogP contribution in [0.2, 0.25) is 5.02 Å². The van der Waals surface area contributed by atoms with Crippen molar-refractivity contribution in [2.45, 2.75) is 70.0 Å². The summed E-state index contributed by atoms with van der Waals surface area (Å²) in [6.45, 7) is 4.60. The number of hydrogen-bond acceptors (Lipinski definition) is 7. The van der Waals surface area contributed by atoms with Crippen molar-refractivity contribution in [3.8, 4) is 6.07 Å². The second kappa shape index (κ2) is 9.39. The van der Waals surface area contributed by atoms with E-state index in [1.54, 1.807) is 10.7 Å². The molecular formula is C21H29ClN6O3. The predicted molar refractivity (Wildman–Crippen MR) is 116 cm³/mol. The summed E-state index contributed by atoms with van der Waals surface area (Å²) >= 11 is 6.29. The molecule has 31 heavy (non-hydrogen) atoms. The molecule has 1 saturated heterocycles. The summed E-state index contributed by atoms with van der Waals surface area (Å²) in [4.78, 5) is 16.7. The van der Waals surface area contributed by atoms with Gasteiger partial charge in [-0.15, -0.1) is 5.10 Å². The molecular weight excluding hydrogens is 420 g/mol. The molecule has 2 aromatic heterocycles. The van der Waals surface area contributed by atoms with Gasteiger partial charge >= 0.3 is 0 Å². The summed E-state index contributed by atoms with van der Waals surface area (Å²) in [5, 5.41) is 32.3. The molecule has 2 aliphatic rings. The van der Waals surface area contributed by atoms with Gasteiger partial charge in [0.25, 0.3) is 5.91 Å². The van der Waals surface area contributed by atoms with Crippen molar-refractivity contribution < 1.29 is 15.0 Å². The molecule has 9 nitrogen and oxygen atoms in total. The zero-order chi connectivity index (χ0) is 22.8. The van der Waals surface area contributed by atoms with Crippen LogP contribution in [-0.2, 0) is 10.2 Å². The Kier molecular flexibility index (Phi) is 7.04. The molecule has 3 heterocycles. The highest BCUT2D eigenvalue weighted by molar-refractivity contribution is 6.35. The highest BCUT2D eigenvalue weighted by Crippen LogP contribution is 2.49. The number of nitrogen functional groups attached to an aromatic ring is 1. The molecule has 0 bridgehead atoms. The lowest BCUT2D eigenvalue weighted by Crippen LogP contribution is -2.45. The second-order valence-corrected chi connectivity index (χ2v) is 8.68. The number of hydrogen-bond donors (Lipinski definition) is 3. The van der Waals surface area contributed by atoms with Gasteiger partial charge in [-0.25, -0.2) is 9.50 Å². The predicted octanol–water partition coefficient (Wildman–Crippen LogP) is 2.02. The van der Waals surface area contributed by atoms with E-state index in [-0.39, 0.29) is 17.3 Å².